The lowest BCUT2D eigenvalue weighted by Crippen LogP contribution is -2.78. The molecule has 2 aliphatic heterocycles. The molecule has 3 N–H and O–H groups in total. The summed E-state index contributed by atoms with van der Waals surface area (Å²) in [6.45, 7) is 1.20. The maximum atomic E-state index is 11.2. The van der Waals surface area contributed by atoms with Gasteiger partial charge in [-0.15, -0.1) is 0 Å². The molecule has 2 heterocycles. The van der Waals surface area contributed by atoms with Gasteiger partial charge >= 0.3 is 0 Å². The highest BCUT2D eigenvalue weighted by molar-refractivity contribution is 5.99. The van der Waals surface area contributed by atoms with Gasteiger partial charge in [0.25, 0.3) is 0 Å². The lowest BCUT2D eigenvalue weighted by molar-refractivity contribution is -0.140. The van der Waals surface area contributed by atoms with E-state index in [0.717, 1.165) is 0 Å². The van der Waals surface area contributed by atoms with Crippen molar-refractivity contribution in [3.8, 4) is 0 Å². The molecule has 0 atom stereocenters. The Balaban J connectivity index is 2.16. The average Bonchev–Trinajstić information content (AvgIpc) is 1.91. The van der Waals surface area contributed by atoms with Crippen LogP contribution in [0.1, 0.15) is 0 Å². The van der Waals surface area contributed by atoms with Crippen LogP contribution in [-0.2, 0) is 9.59 Å². The minimum Gasteiger partial charge on any atom is -0.345 e. The first-order valence-electron chi connectivity index (χ1n) is 3.53. The first-order chi connectivity index (χ1) is 5.23. The van der Waals surface area contributed by atoms with Crippen LogP contribution in [0, 0.1) is 0 Å². The third kappa shape index (κ3) is 0.808. The van der Waals surface area contributed by atoms with Crippen molar-refractivity contribution in [1.82, 2.24) is 16.0 Å². The van der Waals surface area contributed by atoms with Crippen LogP contribution in [0.5, 0.6) is 0 Å². The molecule has 11 heavy (non-hydrogen) atoms. The predicted octanol–water partition coefficient (Wildman–Crippen LogP) is -2.43. The Hall–Kier alpha value is -1.10. The van der Waals surface area contributed by atoms with Gasteiger partial charge in [0.1, 0.15) is 5.54 Å². The zero-order chi connectivity index (χ0) is 7.90. The summed E-state index contributed by atoms with van der Waals surface area (Å²) < 4.78 is 0. The SMILES string of the molecule is O=C1CNC(=O)C2(CNC2)N1. The zero-order valence-corrected chi connectivity index (χ0v) is 5.94. The van der Waals surface area contributed by atoms with Gasteiger partial charge in [-0.25, -0.2) is 0 Å². The van der Waals surface area contributed by atoms with Crippen molar-refractivity contribution in [1.29, 1.82) is 0 Å². The van der Waals surface area contributed by atoms with E-state index >= 15 is 0 Å². The Bertz CT molecular complexity index is 222. The van der Waals surface area contributed by atoms with Gasteiger partial charge in [-0.1, -0.05) is 0 Å². The molecular formula is C6H9N3O2. The third-order valence-corrected chi connectivity index (χ3v) is 2.08. The van der Waals surface area contributed by atoms with E-state index in [4.69, 9.17) is 0 Å². The van der Waals surface area contributed by atoms with E-state index in [1.165, 1.54) is 0 Å². The maximum Gasteiger partial charge on any atom is 0.248 e. The highest BCUT2D eigenvalue weighted by Gasteiger charge is 2.47. The fourth-order valence-corrected chi connectivity index (χ4v) is 1.32. The van der Waals surface area contributed by atoms with Gasteiger partial charge in [0.2, 0.25) is 11.8 Å². The standard InChI is InChI=1S/C6H9N3O2/c10-4-1-8-5(11)6(9-4)2-7-3-6/h7H,1-3H2,(H,8,11)(H,9,10). The van der Waals surface area contributed by atoms with E-state index in [9.17, 15) is 9.59 Å². The molecule has 5 nitrogen and oxygen atoms in total. The molecule has 0 unspecified atom stereocenters. The fraction of sp³-hybridized carbons (Fsp3) is 0.667. The van der Waals surface area contributed by atoms with Crippen molar-refractivity contribution in [2.24, 2.45) is 0 Å². The molecule has 2 amide bonds. The Kier molecular flexibility index (Phi) is 1.17. The molecule has 2 rings (SSSR count). The Labute approximate surface area is 63.5 Å². The average molecular weight is 155 g/mol. The fourth-order valence-electron chi connectivity index (χ4n) is 1.32. The van der Waals surface area contributed by atoms with E-state index in [0.29, 0.717) is 13.1 Å². The smallest absolute Gasteiger partial charge is 0.248 e. The van der Waals surface area contributed by atoms with Crippen molar-refractivity contribution in [3.05, 3.63) is 0 Å². The molecule has 0 aromatic heterocycles. The van der Waals surface area contributed by atoms with Crippen LogP contribution >= 0.6 is 0 Å². The van der Waals surface area contributed by atoms with E-state index in [2.05, 4.69) is 16.0 Å². The van der Waals surface area contributed by atoms with E-state index < -0.39 is 5.54 Å². The van der Waals surface area contributed by atoms with Crippen LogP contribution < -0.4 is 16.0 Å². The monoisotopic (exact) mass is 155 g/mol. The Morgan fingerprint density at radius 3 is 2.45 bits per heavy atom. The van der Waals surface area contributed by atoms with E-state index in [1.54, 1.807) is 0 Å². The number of carbonyl (C=O) groups excluding carboxylic acids is 2. The van der Waals surface area contributed by atoms with Gasteiger partial charge in [-0.3, -0.25) is 9.59 Å². The summed E-state index contributed by atoms with van der Waals surface area (Å²) in [4.78, 5) is 22.0. The van der Waals surface area contributed by atoms with Gasteiger partial charge in [-0.05, 0) is 0 Å². The molecule has 0 aliphatic carbocycles. The van der Waals surface area contributed by atoms with Gasteiger partial charge in [-0.2, -0.15) is 0 Å². The number of hydrogen-bond donors (Lipinski definition) is 3. The van der Waals surface area contributed by atoms with Crippen LogP contribution in [-0.4, -0.2) is 37.0 Å². The van der Waals surface area contributed by atoms with E-state index in [1.807, 2.05) is 0 Å². The summed E-state index contributed by atoms with van der Waals surface area (Å²) in [5, 5.41) is 8.15. The summed E-state index contributed by atoms with van der Waals surface area (Å²) in [5.41, 5.74) is -0.630. The number of piperazine rings is 1. The second kappa shape index (κ2) is 1.94. The van der Waals surface area contributed by atoms with Gasteiger partial charge in [0.05, 0.1) is 6.54 Å². The van der Waals surface area contributed by atoms with Crippen molar-refractivity contribution < 1.29 is 9.59 Å². The molecule has 0 radical (unpaired) electrons. The van der Waals surface area contributed by atoms with Gasteiger partial charge in [0.15, 0.2) is 0 Å². The van der Waals surface area contributed by atoms with Crippen LogP contribution in [0.25, 0.3) is 0 Å². The molecule has 1 spiro atoms. The molecule has 2 saturated heterocycles. The van der Waals surface area contributed by atoms with Crippen molar-refractivity contribution in [3.63, 3.8) is 0 Å². The highest BCUT2D eigenvalue weighted by Crippen LogP contribution is 2.12. The molecule has 2 aliphatic rings. The number of rotatable bonds is 0. The maximum absolute atomic E-state index is 11.2. The van der Waals surface area contributed by atoms with Gasteiger partial charge in [0, 0.05) is 13.1 Å². The molecule has 0 bridgehead atoms. The topological polar surface area (TPSA) is 70.2 Å². The molecule has 0 saturated carbocycles. The lowest BCUT2D eigenvalue weighted by atomic mass is 9.90. The molecule has 2 fully saturated rings. The normalized spacial score (nSPS) is 27.3. The quantitative estimate of drug-likeness (QED) is 0.364. The second-order valence-electron chi connectivity index (χ2n) is 2.92. The molecule has 0 aromatic carbocycles. The zero-order valence-electron chi connectivity index (χ0n) is 5.94. The number of nitrogens with one attached hydrogen (secondary N) is 3. The molecule has 0 aromatic rings. The number of hydrogen-bond acceptors (Lipinski definition) is 3. The lowest BCUT2D eigenvalue weighted by Gasteiger charge is -2.43. The summed E-state index contributed by atoms with van der Waals surface area (Å²) in [7, 11) is 0. The van der Waals surface area contributed by atoms with Crippen molar-refractivity contribution in [2.75, 3.05) is 19.6 Å². The number of carbonyl (C=O) groups is 2. The first kappa shape index (κ1) is 6.60. The third-order valence-electron chi connectivity index (χ3n) is 2.08. The van der Waals surface area contributed by atoms with Crippen LogP contribution in [0.3, 0.4) is 0 Å². The Morgan fingerprint density at radius 1 is 1.27 bits per heavy atom. The first-order valence-corrected chi connectivity index (χ1v) is 3.53. The van der Waals surface area contributed by atoms with Gasteiger partial charge < -0.3 is 16.0 Å². The van der Waals surface area contributed by atoms with E-state index in [-0.39, 0.29) is 18.4 Å². The molecular weight excluding hydrogens is 146 g/mol. The molecule has 60 valence electrons. The second-order valence-corrected chi connectivity index (χ2v) is 2.92. The minimum absolute atomic E-state index is 0.0733. The Morgan fingerprint density at radius 2 is 2.00 bits per heavy atom. The number of amides is 2. The predicted molar refractivity (Wildman–Crippen MR) is 36.8 cm³/mol. The van der Waals surface area contributed by atoms with Crippen molar-refractivity contribution >= 4 is 11.8 Å². The van der Waals surface area contributed by atoms with Crippen molar-refractivity contribution in [2.45, 2.75) is 5.54 Å². The summed E-state index contributed by atoms with van der Waals surface area (Å²) in [5.74, 6) is -0.179. The highest BCUT2D eigenvalue weighted by atomic mass is 16.2. The van der Waals surface area contributed by atoms with Crippen LogP contribution in [0.2, 0.25) is 0 Å². The largest absolute Gasteiger partial charge is 0.345 e. The molecule has 5 heteroatoms. The van der Waals surface area contributed by atoms with Crippen LogP contribution in [0.4, 0.5) is 0 Å². The summed E-state index contributed by atoms with van der Waals surface area (Å²) in [6, 6.07) is 0. The summed E-state index contributed by atoms with van der Waals surface area (Å²) in [6.07, 6.45) is 0. The summed E-state index contributed by atoms with van der Waals surface area (Å²) >= 11 is 0. The van der Waals surface area contributed by atoms with Crippen LogP contribution in [0.15, 0.2) is 0 Å². The minimum atomic E-state index is -0.630.